The van der Waals surface area contributed by atoms with Crippen LogP contribution >= 0.6 is 0 Å². The third-order valence-electron chi connectivity index (χ3n) is 0.574. The first-order valence-electron chi connectivity index (χ1n) is 2.10. The van der Waals surface area contributed by atoms with E-state index < -0.39 is 0 Å². The minimum Gasteiger partial charge on any atom is -0.480 e. The maximum atomic E-state index is 5.04. The van der Waals surface area contributed by atoms with Crippen LogP contribution in [0.5, 0.6) is 0 Å². The van der Waals surface area contributed by atoms with Crippen molar-refractivity contribution in [2.45, 2.75) is 0 Å². The highest BCUT2D eigenvalue weighted by atomic mass is 16.7. The molecule has 0 amide bonds. The highest BCUT2D eigenvalue weighted by Crippen LogP contribution is 1.82. The second-order valence-corrected chi connectivity index (χ2v) is 1.04. The molecular formula is C4H10N2O2. The number of nitrogens with two attached hydrogens (primary N) is 1. The van der Waals surface area contributed by atoms with Crippen LogP contribution < -0.4 is 11.2 Å². The molecule has 0 saturated carbocycles. The highest BCUT2D eigenvalue weighted by molar-refractivity contribution is 4.81. The van der Waals surface area contributed by atoms with Crippen LogP contribution in [-0.2, 0) is 9.57 Å². The molecule has 0 aliphatic carbocycles. The fourth-order valence-corrected chi connectivity index (χ4v) is 0.244. The van der Waals surface area contributed by atoms with Crippen molar-refractivity contribution in [2.24, 2.45) is 5.73 Å². The van der Waals surface area contributed by atoms with Gasteiger partial charge in [-0.3, -0.25) is 4.84 Å². The van der Waals surface area contributed by atoms with Crippen LogP contribution in [0.3, 0.4) is 0 Å². The van der Waals surface area contributed by atoms with Gasteiger partial charge in [0, 0.05) is 0 Å². The van der Waals surface area contributed by atoms with Crippen LogP contribution in [0.25, 0.3) is 0 Å². The Bertz CT molecular complexity index is 82.1. The number of hydroxylamine groups is 1. The summed E-state index contributed by atoms with van der Waals surface area (Å²) in [4.78, 5) is 4.46. The van der Waals surface area contributed by atoms with E-state index in [2.05, 4.69) is 15.1 Å². The molecule has 3 N–H and O–H groups in total. The Kier molecular flexibility index (Phi) is 3.78. The van der Waals surface area contributed by atoms with Crippen LogP contribution in [0.15, 0.2) is 12.1 Å². The van der Waals surface area contributed by atoms with Crippen LogP contribution in [-0.4, -0.2) is 14.2 Å². The molecule has 0 heterocycles. The van der Waals surface area contributed by atoms with Gasteiger partial charge in [-0.25, -0.2) is 5.48 Å². The van der Waals surface area contributed by atoms with Gasteiger partial charge in [0.1, 0.15) is 0 Å². The monoisotopic (exact) mass is 118 g/mol. The lowest BCUT2D eigenvalue weighted by molar-refractivity contribution is 0.0634. The molecule has 0 unspecified atom stereocenters. The quantitative estimate of drug-likeness (QED) is 0.389. The maximum Gasteiger partial charge on any atom is 0.226 e. The van der Waals surface area contributed by atoms with Crippen molar-refractivity contribution in [3.63, 3.8) is 0 Å². The Labute approximate surface area is 48.2 Å². The Morgan fingerprint density at radius 1 is 1.62 bits per heavy atom. The highest BCUT2D eigenvalue weighted by Gasteiger charge is 1.86. The van der Waals surface area contributed by atoms with Gasteiger partial charge in [-0.2, -0.15) is 0 Å². The predicted molar refractivity (Wildman–Crippen MR) is 29.4 cm³/mol. The number of hydrogen-bond acceptors (Lipinski definition) is 4. The molecule has 0 aromatic rings. The summed E-state index contributed by atoms with van der Waals surface area (Å²) in [6.07, 6.45) is 1.27. The van der Waals surface area contributed by atoms with Gasteiger partial charge in [0.15, 0.2) is 0 Å². The smallest absolute Gasteiger partial charge is 0.226 e. The van der Waals surface area contributed by atoms with Crippen molar-refractivity contribution in [3.05, 3.63) is 12.1 Å². The van der Waals surface area contributed by atoms with Crippen molar-refractivity contribution >= 4 is 0 Å². The van der Waals surface area contributed by atoms with E-state index in [-0.39, 0.29) is 0 Å². The van der Waals surface area contributed by atoms with Crippen molar-refractivity contribution in [3.8, 4) is 0 Å². The second-order valence-electron chi connectivity index (χ2n) is 1.04. The van der Waals surface area contributed by atoms with Crippen LogP contribution in [0.4, 0.5) is 0 Å². The Hall–Kier alpha value is -0.900. The molecule has 0 rings (SSSR count). The summed E-state index contributed by atoms with van der Waals surface area (Å²) in [6.45, 7) is 0. The topological polar surface area (TPSA) is 56.5 Å². The normalized spacial score (nSPS) is 11.0. The molecule has 0 radical (unpaired) electrons. The summed E-state index contributed by atoms with van der Waals surface area (Å²) in [5.41, 5.74) is 7.44. The van der Waals surface area contributed by atoms with E-state index in [0.29, 0.717) is 5.88 Å². The molecule has 0 aliphatic heterocycles. The van der Waals surface area contributed by atoms with E-state index in [4.69, 9.17) is 5.73 Å². The average molecular weight is 118 g/mol. The largest absolute Gasteiger partial charge is 0.480 e. The van der Waals surface area contributed by atoms with Crippen LogP contribution in [0.1, 0.15) is 0 Å². The average Bonchev–Trinajstić information content (AvgIpc) is 1.83. The summed E-state index contributed by atoms with van der Waals surface area (Å²) in [5, 5.41) is 0. The predicted octanol–water partition coefficient (Wildman–Crippen LogP) is -0.459. The van der Waals surface area contributed by atoms with Crippen molar-refractivity contribution < 1.29 is 9.57 Å². The zero-order valence-electron chi connectivity index (χ0n) is 4.97. The molecule has 0 bridgehead atoms. The fourth-order valence-electron chi connectivity index (χ4n) is 0.244. The first-order valence-corrected chi connectivity index (χ1v) is 2.10. The van der Waals surface area contributed by atoms with Crippen LogP contribution in [0, 0.1) is 0 Å². The Morgan fingerprint density at radius 3 is 2.38 bits per heavy atom. The molecule has 0 fully saturated rings. The van der Waals surface area contributed by atoms with Gasteiger partial charge >= 0.3 is 0 Å². The lowest BCUT2D eigenvalue weighted by Crippen LogP contribution is -2.13. The lowest BCUT2D eigenvalue weighted by Gasteiger charge is -2.03. The number of hydrogen-bond donors (Lipinski definition) is 2. The molecule has 48 valence electrons. The molecule has 4 heteroatoms. The molecule has 0 spiro atoms. The molecular weight excluding hydrogens is 108 g/mol. The Morgan fingerprint density at radius 2 is 2.25 bits per heavy atom. The zero-order valence-corrected chi connectivity index (χ0v) is 4.97. The number of ether oxygens (including phenoxy) is 1. The van der Waals surface area contributed by atoms with Gasteiger partial charge < -0.3 is 10.5 Å². The minimum atomic E-state index is 0.396. The summed E-state index contributed by atoms with van der Waals surface area (Å²) in [7, 11) is 2.97. The molecule has 0 aromatic heterocycles. The number of nitrogens with one attached hydrogen (secondary N) is 1. The lowest BCUT2D eigenvalue weighted by atomic mass is 10.8. The van der Waals surface area contributed by atoms with Crippen LogP contribution in [0.2, 0.25) is 0 Å². The Balaban J connectivity index is 3.38. The van der Waals surface area contributed by atoms with Gasteiger partial charge in [0.05, 0.1) is 20.4 Å². The van der Waals surface area contributed by atoms with E-state index in [9.17, 15) is 0 Å². The van der Waals surface area contributed by atoms with E-state index in [1.807, 2.05) is 0 Å². The van der Waals surface area contributed by atoms with E-state index in [0.717, 1.165) is 0 Å². The van der Waals surface area contributed by atoms with Crippen molar-refractivity contribution in [1.29, 1.82) is 0 Å². The molecule has 0 aliphatic rings. The molecule has 0 atom stereocenters. The third-order valence-corrected chi connectivity index (χ3v) is 0.574. The minimum absolute atomic E-state index is 0.396. The van der Waals surface area contributed by atoms with Gasteiger partial charge in [-0.05, 0) is 0 Å². The van der Waals surface area contributed by atoms with Crippen molar-refractivity contribution in [2.75, 3.05) is 14.2 Å². The molecule has 8 heavy (non-hydrogen) atoms. The zero-order chi connectivity index (χ0) is 6.41. The molecule has 0 aromatic carbocycles. The SMILES string of the molecule is CON/C(=C\N)OC. The summed E-state index contributed by atoms with van der Waals surface area (Å²) >= 11 is 0. The summed E-state index contributed by atoms with van der Waals surface area (Å²) < 4.78 is 4.64. The van der Waals surface area contributed by atoms with Crippen molar-refractivity contribution in [1.82, 2.24) is 5.48 Å². The van der Waals surface area contributed by atoms with E-state index in [1.165, 1.54) is 20.4 Å². The van der Waals surface area contributed by atoms with Gasteiger partial charge in [-0.1, -0.05) is 0 Å². The first kappa shape index (κ1) is 7.10. The van der Waals surface area contributed by atoms with Gasteiger partial charge in [0.25, 0.3) is 0 Å². The summed E-state index contributed by atoms with van der Waals surface area (Å²) in [6, 6.07) is 0. The molecule has 4 nitrogen and oxygen atoms in total. The standard InChI is InChI=1S/C4H10N2O2/c1-7-4(3-5)6-8-2/h3,6H,5H2,1-2H3/b4-3+. The van der Waals surface area contributed by atoms with Gasteiger partial charge in [0.2, 0.25) is 5.88 Å². The second kappa shape index (κ2) is 4.26. The van der Waals surface area contributed by atoms with E-state index in [1.54, 1.807) is 0 Å². The maximum absolute atomic E-state index is 5.04. The number of methoxy groups -OCH3 is 1. The summed E-state index contributed by atoms with van der Waals surface area (Å²) in [5.74, 6) is 0.396. The molecule has 0 saturated heterocycles. The van der Waals surface area contributed by atoms with Gasteiger partial charge in [-0.15, -0.1) is 0 Å². The first-order chi connectivity index (χ1) is 3.85. The third kappa shape index (κ3) is 2.30. The fraction of sp³-hybridized carbons (Fsp3) is 0.500. The number of rotatable bonds is 3. The van der Waals surface area contributed by atoms with E-state index >= 15 is 0 Å².